The van der Waals surface area contributed by atoms with Crippen LogP contribution in [0.25, 0.3) is 0 Å². The van der Waals surface area contributed by atoms with Crippen molar-refractivity contribution in [2.75, 3.05) is 0 Å². The van der Waals surface area contributed by atoms with Gasteiger partial charge in [-0.2, -0.15) is 0 Å². The first-order chi connectivity index (χ1) is 9.28. The lowest BCUT2D eigenvalue weighted by molar-refractivity contribution is 0.00578. The SMILES string of the molecule is CCCC1CCCCC1=C(F)B1OC(C)(C)C(C)(C)O1. The first kappa shape index (κ1) is 16.0. The van der Waals surface area contributed by atoms with Crippen molar-refractivity contribution in [3.05, 3.63) is 11.3 Å². The van der Waals surface area contributed by atoms with E-state index in [1.807, 2.05) is 27.7 Å². The van der Waals surface area contributed by atoms with Crippen molar-refractivity contribution in [2.24, 2.45) is 5.92 Å². The summed E-state index contributed by atoms with van der Waals surface area (Å²) in [6.07, 6.45) is 6.44. The second-order valence-electron chi connectivity index (χ2n) is 7.19. The predicted octanol–water partition coefficient (Wildman–Crippen LogP) is 4.83. The Labute approximate surface area is 123 Å². The normalized spacial score (nSPS) is 31.5. The van der Waals surface area contributed by atoms with E-state index >= 15 is 0 Å². The molecule has 2 rings (SSSR count). The van der Waals surface area contributed by atoms with Gasteiger partial charge in [0.15, 0.2) is 0 Å². The summed E-state index contributed by atoms with van der Waals surface area (Å²) in [5.41, 5.74) is -0.131. The molecule has 0 N–H and O–H groups in total. The van der Waals surface area contributed by atoms with Gasteiger partial charge in [0, 0.05) is 0 Å². The summed E-state index contributed by atoms with van der Waals surface area (Å²) in [6.45, 7) is 10.0. The topological polar surface area (TPSA) is 18.5 Å². The molecule has 2 nitrogen and oxygen atoms in total. The van der Waals surface area contributed by atoms with Crippen LogP contribution in [-0.2, 0) is 9.31 Å². The third-order valence-corrected chi connectivity index (χ3v) is 5.15. The van der Waals surface area contributed by atoms with E-state index in [9.17, 15) is 4.39 Å². The minimum Gasteiger partial charge on any atom is -0.398 e. The van der Waals surface area contributed by atoms with E-state index < -0.39 is 18.3 Å². The summed E-state index contributed by atoms with van der Waals surface area (Å²) < 4.78 is 26.6. The maximum atomic E-state index is 14.9. The minimum atomic E-state index is -0.813. The van der Waals surface area contributed by atoms with E-state index in [1.54, 1.807) is 0 Å². The van der Waals surface area contributed by atoms with Crippen LogP contribution in [0.4, 0.5) is 4.39 Å². The minimum absolute atomic E-state index is 0.151. The van der Waals surface area contributed by atoms with Crippen molar-refractivity contribution in [2.45, 2.75) is 84.3 Å². The molecule has 114 valence electrons. The van der Waals surface area contributed by atoms with Crippen LogP contribution in [0.5, 0.6) is 0 Å². The Morgan fingerprint density at radius 2 is 1.80 bits per heavy atom. The van der Waals surface area contributed by atoms with Gasteiger partial charge in [0.1, 0.15) is 5.73 Å². The lowest BCUT2D eigenvalue weighted by Crippen LogP contribution is -2.41. The zero-order chi connectivity index (χ0) is 15.0. The van der Waals surface area contributed by atoms with Crippen LogP contribution in [0.3, 0.4) is 0 Å². The van der Waals surface area contributed by atoms with Crippen LogP contribution in [0.2, 0.25) is 0 Å². The smallest absolute Gasteiger partial charge is 0.398 e. The van der Waals surface area contributed by atoms with Crippen LogP contribution >= 0.6 is 0 Å². The molecule has 1 aliphatic heterocycles. The first-order valence-electron chi connectivity index (χ1n) is 8.02. The zero-order valence-electron chi connectivity index (χ0n) is 13.6. The molecule has 2 aliphatic rings. The molecule has 1 heterocycles. The van der Waals surface area contributed by atoms with Crippen molar-refractivity contribution in [3.8, 4) is 0 Å². The van der Waals surface area contributed by atoms with Crippen LogP contribution < -0.4 is 0 Å². The van der Waals surface area contributed by atoms with Crippen LogP contribution in [0.1, 0.15) is 73.1 Å². The fourth-order valence-electron chi connectivity index (χ4n) is 3.16. The molecule has 0 amide bonds. The summed E-state index contributed by atoms with van der Waals surface area (Å²) in [7, 11) is -0.813. The van der Waals surface area contributed by atoms with E-state index in [-0.39, 0.29) is 5.73 Å². The summed E-state index contributed by atoms with van der Waals surface area (Å²) in [5.74, 6) is 0.382. The largest absolute Gasteiger partial charge is 0.525 e. The van der Waals surface area contributed by atoms with Crippen molar-refractivity contribution in [1.29, 1.82) is 0 Å². The lowest BCUT2D eigenvalue weighted by atomic mass is 9.74. The molecule has 1 saturated heterocycles. The summed E-state index contributed by atoms with van der Waals surface area (Å²) in [5, 5.41) is 0. The molecule has 1 saturated carbocycles. The highest BCUT2D eigenvalue weighted by Gasteiger charge is 2.53. The molecule has 2 fully saturated rings. The van der Waals surface area contributed by atoms with Crippen molar-refractivity contribution >= 4 is 7.12 Å². The van der Waals surface area contributed by atoms with E-state index in [0.717, 1.165) is 37.7 Å². The number of allylic oxidation sites excluding steroid dienone is 1. The van der Waals surface area contributed by atoms with E-state index in [1.165, 1.54) is 6.42 Å². The van der Waals surface area contributed by atoms with Gasteiger partial charge >= 0.3 is 7.12 Å². The molecule has 1 atom stereocenters. The Morgan fingerprint density at radius 3 is 2.35 bits per heavy atom. The van der Waals surface area contributed by atoms with Crippen LogP contribution in [0.15, 0.2) is 11.3 Å². The van der Waals surface area contributed by atoms with Crippen molar-refractivity contribution in [3.63, 3.8) is 0 Å². The fraction of sp³-hybridized carbons (Fsp3) is 0.875. The zero-order valence-corrected chi connectivity index (χ0v) is 13.6. The number of hydrogen-bond donors (Lipinski definition) is 0. The molecular weight excluding hydrogens is 254 g/mol. The number of hydrogen-bond acceptors (Lipinski definition) is 2. The molecule has 0 spiro atoms. The first-order valence-corrected chi connectivity index (χ1v) is 8.02. The van der Waals surface area contributed by atoms with Crippen molar-refractivity contribution in [1.82, 2.24) is 0 Å². The second-order valence-corrected chi connectivity index (χ2v) is 7.19. The van der Waals surface area contributed by atoms with Gasteiger partial charge < -0.3 is 9.31 Å². The Morgan fingerprint density at radius 1 is 1.20 bits per heavy atom. The van der Waals surface area contributed by atoms with Crippen LogP contribution in [-0.4, -0.2) is 18.3 Å². The molecule has 4 heteroatoms. The van der Waals surface area contributed by atoms with E-state index in [0.29, 0.717) is 5.92 Å². The van der Waals surface area contributed by atoms with Gasteiger partial charge in [-0.05, 0) is 64.9 Å². The molecule has 0 radical (unpaired) electrons. The Bertz CT molecular complexity index is 372. The van der Waals surface area contributed by atoms with Gasteiger partial charge in [0.25, 0.3) is 0 Å². The molecule has 0 aromatic heterocycles. The Kier molecular flexibility index (Phi) is 4.65. The van der Waals surface area contributed by atoms with Crippen molar-refractivity contribution < 1.29 is 13.7 Å². The van der Waals surface area contributed by atoms with Gasteiger partial charge in [0.05, 0.1) is 11.2 Å². The average Bonchev–Trinajstić information content (AvgIpc) is 2.59. The van der Waals surface area contributed by atoms with Gasteiger partial charge in [-0.25, -0.2) is 4.39 Å². The molecule has 20 heavy (non-hydrogen) atoms. The number of halogens is 1. The van der Waals surface area contributed by atoms with Gasteiger partial charge in [-0.15, -0.1) is 0 Å². The van der Waals surface area contributed by atoms with Gasteiger partial charge in [-0.1, -0.05) is 19.8 Å². The summed E-state index contributed by atoms with van der Waals surface area (Å²) in [4.78, 5) is 0. The van der Waals surface area contributed by atoms with Gasteiger partial charge in [-0.3, -0.25) is 0 Å². The van der Waals surface area contributed by atoms with E-state index in [2.05, 4.69) is 6.92 Å². The monoisotopic (exact) mass is 282 g/mol. The van der Waals surface area contributed by atoms with Crippen LogP contribution in [0, 0.1) is 5.92 Å². The van der Waals surface area contributed by atoms with E-state index in [4.69, 9.17) is 9.31 Å². The highest BCUT2D eigenvalue weighted by atomic mass is 19.1. The third-order valence-electron chi connectivity index (χ3n) is 5.15. The lowest BCUT2D eigenvalue weighted by Gasteiger charge is -2.32. The predicted molar refractivity (Wildman–Crippen MR) is 81.1 cm³/mol. The maximum Gasteiger partial charge on any atom is 0.525 e. The molecule has 1 aliphatic carbocycles. The molecule has 0 aromatic rings. The fourth-order valence-corrected chi connectivity index (χ4v) is 3.16. The Hall–Kier alpha value is -0.345. The third kappa shape index (κ3) is 2.96. The molecular formula is C16H28BFO2. The molecule has 1 unspecified atom stereocenters. The average molecular weight is 282 g/mol. The quantitative estimate of drug-likeness (QED) is 0.690. The second kappa shape index (κ2) is 5.80. The standard InChI is InChI=1S/C16H28BFO2/c1-6-9-12-10-7-8-11-13(12)14(18)17-19-15(2,3)16(4,5)20-17/h12H,6-11H2,1-5H3. The Balaban J connectivity index is 2.20. The summed E-state index contributed by atoms with van der Waals surface area (Å²) in [6, 6.07) is 0. The highest BCUT2D eigenvalue weighted by molar-refractivity contribution is 6.53. The summed E-state index contributed by atoms with van der Waals surface area (Å²) >= 11 is 0. The maximum absolute atomic E-state index is 14.9. The molecule has 0 aromatic carbocycles. The number of rotatable bonds is 3. The molecule has 0 bridgehead atoms. The highest BCUT2D eigenvalue weighted by Crippen LogP contribution is 2.42. The van der Waals surface area contributed by atoms with Gasteiger partial charge in [0.2, 0.25) is 0 Å².